The van der Waals surface area contributed by atoms with Gasteiger partial charge >= 0.3 is 5.76 Å². The van der Waals surface area contributed by atoms with Crippen molar-refractivity contribution in [3.8, 4) is 0 Å². The van der Waals surface area contributed by atoms with E-state index in [0.717, 1.165) is 0 Å². The lowest BCUT2D eigenvalue weighted by Crippen LogP contribution is -2.08. The SMILES string of the molecule is Cn1c(=O)oc2ncnc(Br)c21. The topological polar surface area (TPSA) is 60.9 Å². The Morgan fingerprint density at radius 2 is 2.33 bits per heavy atom. The maximum Gasteiger partial charge on any atom is 0.421 e. The number of rotatable bonds is 0. The molecule has 0 aliphatic carbocycles. The monoisotopic (exact) mass is 229 g/mol. The van der Waals surface area contributed by atoms with E-state index in [1.807, 2.05) is 0 Å². The molecule has 62 valence electrons. The molecular formula is C6H4BrN3O2. The lowest BCUT2D eigenvalue weighted by Gasteiger charge is -1.91. The molecule has 0 aliphatic heterocycles. The molecule has 0 spiro atoms. The van der Waals surface area contributed by atoms with E-state index in [4.69, 9.17) is 4.42 Å². The normalized spacial score (nSPS) is 10.8. The summed E-state index contributed by atoms with van der Waals surface area (Å²) in [4.78, 5) is 18.7. The summed E-state index contributed by atoms with van der Waals surface area (Å²) in [5, 5.41) is 0. The molecule has 2 aromatic heterocycles. The summed E-state index contributed by atoms with van der Waals surface area (Å²) >= 11 is 3.19. The fourth-order valence-corrected chi connectivity index (χ4v) is 1.47. The molecule has 2 heterocycles. The predicted molar refractivity (Wildman–Crippen MR) is 44.7 cm³/mol. The Morgan fingerprint density at radius 3 is 3.00 bits per heavy atom. The van der Waals surface area contributed by atoms with Gasteiger partial charge in [-0.15, -0.1) is 0 Å². The largest absolute Gasteiger partial charge is 0.421 e. The number of aromatic nitrogens is 3. The fourth-order valence-electron chi connectivity index (χ4n) is 0.942. The zero-order valence-corrected chi connectivity index (χ0v) is 7.70. The van der Waals surface area contributed by atoms with E-state index in [2.05, 4.69) is 25.9 Å². The Kier molecular flexibility index (Phi) is 1.50. The van der Waals surface area contributed by atoms with Gasteiger partial charge in [-0.05, 0) is 15.9 Å². The summed E-state index contributed by atoms with van der Waals surface area (Å²) in [6.07, 6.45) is 1.33. The van der Waals surface area contributed by atoms with Crippen LogP contribution in [0.5, 0.6) is 0 Å². The molecule has 12 heavy (non-hydrogen) atoms. The zero-order chi connectivity index (χ0) is 8.72. The minimum Gasteiger partial charge on any atom is -0.388 e. The van der Waals surface area contributed by atoms with Gasteiger partial charge < -0.3 is 4.42 Å². The van der Waals surface area contributed by atoms with Crippen LogP contribution in [0.2, 0.25) is 0 Å². The molecule has 5 nitrogen and oxygen atoms in total. The first-order chi connectivity index (χ1) is 5.70. The van der Waals surface area contributed by atoms with Crippen LogP contribution in [-0.4, -0.2) is 14.5 Å². The minimum atomic E-state index is -0.439. The van der Waals surface area contributed by atoms with Gasteiger partial charge in [-0.2, -0.15) is 4.98 Å². The number of hydrogen-bond donors (Lipinski definition) is 0. The van der Waals surface area contributed by atoms with Crippen molar-refractivity contribution in [2.24, 2.45) is 7.05 Å². The van der Waals surface area contributed by atoms with Crippen LogP contribution < -0.4 is 5.76 Å². The summed E-state index contributed by atoms with van der Waals surface area (Å²) in [7, 11) is 1.60. The number of aryl methyl sites for hydroxylation is 1. The Morgan fingerprint density at radius 1 is 1.58 bits per heavy atom. The van der Waals surface area contributed by atoms with Crippen LogP contribution in [0.1, 0.15) is 0 Å². The van der Waals surface area contributed by atoms with E-state index in [0.29, 0.717) is 15.8 Å². The Labute approximate surface area is 75.2 Å². The molecule has 0 aromatic carbocycles. The highest BCUT2D eigenvalue weighted by Crippen LogP contribution is 2.16. The van der Waals surface area contributed by atoms with Crippen molar-refractivity contribution < 1.29 is 4.42 Å². The van der Waals surface area contributed by atoms with Crippen molar-refractivity contribution in [1.29, 1.82) is 0 Å². The van der Waals surface area contributed by atoms with Crippen LogP contribution in [-0.2, 0) is 7.05 Å². The number of halogens is 1. The van der Waals surface area contributed by atoms with E-state index >= 15 is 0 Å². The molecular weight excluding hydrogens is 226 g/mol. The third-order valence-corrected chi connectivity index (χ3v) is 2.12. The number of hydrogen-bond acceptors (Lipinski definition) is 4. The second-order valence-electron chi connectivity index (χ2n) is 2.25. The van der Waals surface area contributed by atoms with Crippen LogP contribution in [0.4, 0.5) is 0 Å². The minimum absolute atomic E-state index is 0.296. The maximum atomic E-state index is 11.0. The van der Waals surface area contributed by atoms with Gasteiger partial charge in [0.1, 0.15) is 16.4 Å². The van der Waals surface area contributed by atoms with Gasteiger partial charge in [0.2, 0.25) is 0 Å². The van der Waals surface area contributed by atoms with Gasteiger partial charge in [-0.1, -0.05) is 0 Å². The molecule has 0 N–H and O–H groups in total. The molecule has 2 aromatic rings. The fraction of sp³-hybridized carbons (Fsp3) is 0.167. The quantitative estimate of drug-likeness (QED) is 0.624. The molecule has 0 saturated carbocycles. The summed E-state index contributed by atoms with van der Waals surface area (Å²) in [6.45, 7) is 0. The molecule has 0 bridgehead atoms. The van der Waals surface area contributed by atoms with Crippen LogP contribution in [0.3, 0.4) is 0 Å². The molecule has 0 radical (unpaired) electrons. The van der Waals surface area contributed by atoms with Crippen molar-refractivity contribution in [1.82, 2.24) is 14.5 Å². The van der Waals surface area contributed by atoms with Gasteiger partial charge in [0.05, 0.1) is 0 Å². The average molecular weight is 230 g/mol. The van der Waals surface area contributed by atoms with Crippen molar-refractivity contribution in [2.45, 2.75) is 0 Å². The molecule has 0 unspecified atom stereocenters. The summed E-state index contributed by atoms with van der Waals surface area (Å²) in [6, 6.07) is 0. The van der Waals surface area contributed by atoms with Crippen molar-refractivity contribution in [3.63, 3.8) is 0 Å². The Balaban J connectivity index is 3.07. The van der Waals surface area contributed by atoms with E-state index in [1.165, 1.54) is 10.9 Å². The molecule has 2 rings (SSSR count). The third kappa shape index (κ3) is 0.878. The smallest absolute Gasteiger partial charge is 0.388 e. The highest BCUT2D eigenvalue weighted by atomic mass is 79.9. The summed E-state index contributed by atoms with van der Waals surface area (Å²) < 4.78 is 6.71. The van der Waals surface area contributed by atoms with Gasteiger partial charge in [0.25, 0.3) is 5.71 Å². The zero-order valence-electron chi connectivity index (χ0n) is 6.11. The highest BCUT2D eigenvalue weighted by Gasteiger charge is 2.09. The maximum absolute atomic E-state index is 11.0. The van der Waals surface area contributed by atoms with Crippen molar-refractivity contribution >= 4 is 27.2 Å². The van der Waals surface area contributed by atoms with E-state index in [9.17, 15) is 4.79 Å². The first-order valence-electron chi connectivity index (χ1n) is 3.16. The molecule has 0 fully saturated rings. The lowest BCUT2D eigenvalue weighted by molar-refractivity contribution is 0.520. The second kappa shape index (κ2) is 2.41. The van der Waals surface area contributed by atoms with Crippen LogP contribution in [0, 0.1) is 0 Å². The number of nitrogens with zero attached hydrogens (tertiary/aromatic N) is 3. The van der Waals surface area contributed by atoms with E-state index < -0.39 is 5.76 Å². The van der Waals surface area contributed by atoms with Gasteiger partial charge in [-0.25, -0.2) is 9.78 Å². The highest BCUT2D eigenvalue weighted by molar-refractivity contribution is 9.10. The lowest BCUT2D eigenvalue weighted by atomic mass is 10.6. The third-order valence-electron chi connectivity index (χ3n) is 1.54. The molecule has 0 saturated heterocycles. The summed E-state index contributed by atoms with van der Waals surface area (Å²) in [5.41, 5.74) is 0.867. The average Bonchev–Trinajstić information content (AvgIpc) is 2.29. The molecule has 6 heteroatoms. The van der Waals surface area contributed by atoms with Gasteiger partial charge in [0, 0.05) is 7.05 Å². The second-order valence-corrected chi connectivity index (χ2v) is 3.00. The Bertz CT molecular complexity index is 487. The first kappa shape index (κ1) is 7.48. The Hall–Kier alpha value is -1.17. The molecule has 0 aliphatic rings. The number of fused-ring (bicyclic) bond motifs is 1. The predicted octanol–water partition coefficient (Wildman–Crippen LogP) is 0.684. The van der Waals surface area contributed by atoms with Gasteiger partial charge in [0.15, 0.2) is 0 Å². The van der Waals surface area contributed by atoms with Crippen molar-refractivity contribution in [2.75, 3.05) is 0 Å². The first-order valence-corrected chi connectivity index (χ1v) is 3.95. The van der Waals surface area contributed by atoms with E-state index in [-0.39, 0.29) is 0 Å². The van der Waals surface area contributed by atoms with E-state index in [1.54, 1.807) is 7.05 Å². The van der Waals surface area contributed by atoms with Crippen LogP contribution >= 0.6 is 15.9 Å². The van der Waals surface area contributed by atoms with Crippen LogP contribution in [0.15, 0.2) is 20.1 Å². The summed E-state index contributed by atoms with van der Waals surface area (Å²) in [5.74, 6) is -0.439. The molecule has 0 atom stereocenters. The van der Waals surface area contributed by atoms with Gasteiger partial charge in [-0.3, -0.25) is 4.57 Å². The number of oxazole rings is 1. The molecule has 0 amide bonds. The standard InChI is InChI=1S/C6H4BrN3O2/c1-10-3-4(7)8-2-9-5(3)12-6(10)11/h2H,1H3. The van der Waals surface area contributed by atoms with Crippen molar-refractivity contribution in [3.05, 3.63) is 21.5 Å². The van der Waals surface area contributed by atoms with Crippen LogP contribution in [0.25, 0.3) is 11.2 Å².